The third-order valence-corrected chi connectivity index (χ3v) is 6.54. The van der Waals surface area contributed by atoms with Gasteiger partial charge in [0, 0.05) is 62.3 Å². The van der Waals surface area contributed by atoms with E-state index >= 15 is 0 Å². The predicted octanol–water partition coefficient (Wildman–Crippen LogP) is 2.83. The summed E-state index contributed by atoms with van der Waals surface area (Å²) in [5, 5.41) is 0. The van der Waals surface area contributed by atoms with Crippen molar-refractivity contribution in [1.82, 2.24) is 14.5 Å². The summed E-state index contributed by atoms with van der Waals surface area (Å²) < 4.78 is 23.9. The molecule has 0 saturated carbocycles. The summed E-state index contributed by atoms with van der Waals surface area (Å²) in [6, 6.07) is 11.2. The molecule has 0 bridgehead atoms. The van der Waals surface area contributed by atoms with Crippen molar-refractivity contribution in [3.05, 3.63) is 81.5 Å². The molecule has 0 unspecified atom stereocenters. The zero-order valence-electron chi connectivity index (χ0n) is 20.3. The number of ether oxygens (including phenoxy) is 4. The highest BCUT2D eigenvalue weighted by Gasteiger charge is 2.27. The van der Waals surface area contributed by atoms with Crippen molar-refractivity contribution in [1.29, 1.82) is 0 Å². The molecule has 0 N–H and O–H groups in total. The Hall–Kier alpha value is -3.85. The van der Waals surface area contributed by atoms with E-state index in [1.165, 1.54) is 13.2 Å². The number of aromatic nitrogens is 2. The monoisotopic (exact) mass is 491 g/mol. The van der Waals surface area contributed by atoms with Gasteiger partial charge in [-0.05, 0) is 30.5 Å². The number of methoxy groups -OCH3 is 1. The normalized spacial score (nSPS) is 14.7. The quantitative estimate of drug-likeness (QED) is 0.351. The minimum Gasteiger partial charge on any atom is -0.492 e. The second-order valence-corrected chi connectivity index (χ2v) is 8.80. The summed E-state index contributed by atoms with van der Waals surface area (Å²) in [5.74, 6) is 1.30. The van der Waals surface area contributed by atoms with Crippen molar-refractivity contribution in [3.8, 4) is 17.2 Å². The number of carbonyl (C=O) groups is 1. The zero-order valence-corrected chi connectivity index (χ0v) is 20.3. The van der Waals surface area contributed by atoms with Crippen molar-refractivity contribution in [2.45, 2.75) is 32.4 Å². The van der Waals surface area contributed by atoms with Crippen LogP contribution < -0.4 is 19.8 Å². The molecule has 36 heavy (non-hydrogen) atoms. The maximum atomic E-state index is 13.0. The fourth-order valence-corrected chi connectivity index (χ4v) is 4.75. The highest BCUT2D eigenvalue weighted by atomic mass is 16.7. The third kappa shape index (κ3) is 5.06. The predicted molar refractivity (Wildman–Crippen MR) is 132 cm³/mol. The fourth-order valence-electron chi connectivity index (χ4n) is 4.75. The van der Waals surface area contributed by atoms with Crippen molar-refractivity contribution in [3.63, 3.8) is 0 Å². The van der Waals surface area contributed by atoms with Gasteiger partial charge in [-0.25, -0.2) is 4.79 Å². The molecule has 2 aliphatic rings. The molecule has 0 amide bonds. The van der Waals surface area contributed by atoms with Crippen molar-refractivity contribution in [2.75, 3.05) is 33.6 Å². The van der Waals surface area contributed by atoms with E-state index in [4.69, 9.17) is 18.9 Å². The zero-order chi connectivity index (χ0) is 24.9. The Kier molecular flexibility index (Phi) is 7.18. The molecule has 3 aromatic rings. The van der Waals surface area contributed by atoms with Gasteiger partial charge in [-0.15, -0.1) is 0 Å². The van der Waals surface area contributed by atoms with Crippen LogP contribution in [-0.2, 0) is 30.7 Å². The molecule has 0 spiro atoms. The topological polar surface area (TPSA) is 92.1 Å². The Balaban J connectivity index is 1.33. The van der Waals surface area contributed by atoms with E-state index in [1.807, 2.05) is 36.5 Å². The lowest BCUT2D eigenvalue weighted by molar-refractivity contribution is 0.0593. The first-order valence-corrected chi connectivity index (χ1v) is 12.1. The fraction of sp³-hybridized carbons (Fsp3) is 0.370. The van der Waals surface area contributed by atoms with Crippen LogP contribution >= 0.6 is 0 Å². The van der Waals surface area contributed by atoms with Crippen LogP contribution in [0.25, 0.3) is 0 Å². The lowest BCUT2D eigenvalue weighted by Gasteiger charge is -2.20. The minimum absolute atomic E-state index is 0.181. The van der Waals surface area contributed by atoms with Crippen LogP contribution in [0.3, 0.4) is 0 Å². The van der Waals surface area contributed by atoms with Gasteiger partial charge in [-0.3, -0.25) is 14.7 Å². The van der Waals surface area contributed by atoms with E-state index in [2.05, 4.69) is 9.88 Å². The number of hydrogen-bond donors (Lipinski definition) is 0. The molecule has 188 valence electrons. The molecule has 5 rings (SSSR count). The molecule has 2 aromatic heterocycles. The molecule has 0 atom stereocenters. The van der Waals surface area contributed by atoms with E-state index < -0.39 is 5.97 Å². The van der Waals surface area contributed by atoms with Gasteiger partial charge in [0.2, 0.25) is 6.79 Å². The first-order chi connectivity index (χ1) is 17.6. The van der Waals surface area contributed by atoms with Gasteiger partial charge in [-0.2, -0.15) is 0 Å². The molecule has 4 heterocycles. The van der Waals surface area contributed by atoms with Crippen molar-refractivity contribution >= 4 is 5.97 Å². The van der Waals surface area contributed by atoms with Gasteiger partial charge in [0.1, 0.15) is 11.3 Å². The number of esters is 1. The molecule has 2 aliphatic heterocycles. The van der Waals surface area contributed by atoms with Crippen LogP contribution in [0.15, 0.2) is 53.6 Å². The van der Waals surface area contributed by atoms with Gasteiger partial charge in [0.25, 0.3) is 5.56 Å². The maximum Gasteiger partial charge on any atom is 0.343 e. The van der Waals surface area contributed by atoms with Crippen LogP contribution in [-0.4, -0.2) is 54.0 Å². The van der Waals surface area contributed by atoms with Gasteiger partial charge < -0.3 is 23.5 Å². The van der Waals surface area contributed by atoms with Crippen LogP contribution in [0.1, 0.15) is 33.6 Å². The summed E-state index contributed by atoms with van der Waals surface area (Å²) in [6.45, 7) is 3.03. The summed E-state index contributed by atoms with van der Waals surface area (Å²) in [6.07, 6.45) is 5.59. The molecule has 9 heteroatoms. The van der Waals surface area contributed by atoms with E-state index in [0.717, 1.165) is 35.5 Å². The minimum atomic E-state index is -0.499. The van der Waals surface area contributed by atoms with Crippen LogP contribution in [0.5, 0.6) is 17.2 Å². The Morgan fingerprint density at radius 2 is 2.06 bits per heavy atom. The van der Waals surface area contributed by atoms with E-state index in [-0.39, 0.29) is 18.1 Å². The number of rotatable bonds is 8. The average molecular weight is 492 g/mol. The van der Waals surface area contributed by atoms with Crippen LogP contribution in [0.2, 0.25) is 0 Å². The van der Waals surface area contributed by atoms with E-state index in [0.29, 0.717) is 50.5 Å². The molecule has 0 saturated heterocycles. The van der Waals surface area contributed by atoms with Gasteiger partial charge in [-0.1, -0.05) is 18.2 Å². The number of nitrogens with zero attached hydrogens (tertiary/aromatic N) is 3. The molecular formula is C27H29N3O6. The number of aryl methyl sites for hydroxylation is 1. The number of pyridine rings is 2. The van der Waals surface area contributed by atoms with Crippen molar-refractivity contribution < 1.29 is 23.7 Å². The summed E-state index contributed by atoms with van der Waals surface area (Å²) >= 11 is 0. The highest BCUT2D eigenvalue weighted by Crippen LogP contribution is 2.36. The first-order valence-electron chi connectivity index (χ1n) is 12.1. The molecule has 0 fully saturated rings. The number of carbonyl (C=O) groups excluding carboxylic acids is 1. The SMILES string of the molecule is COC(=O)c1c(OCCCc2cccnc2)cc(=O)n2c1CCN(Cc1cccc3c1OCO3)CC2. The second kappa shape index (κ2) is 10.8. The second-order valence-electron chi connectivity index (χ2n) is 8.80. The summed E-state index contributed by atoms with van der Waals surface area (Å²) in [7, 11) is 1.34. The lowest BCUT2D eigenvalue weighted by Crippen LogP contribution is -2.29. The van der Waals surface area contributed by atoms with Gasteiger partial charge >= 0.3 is 5.97 Å². The standard InChI is InChI=1S/C27H29N3O6/c1-33-27(32)25-21-9-11-29(17-20-7-2-8-22-26(20)36-18-35-22)12-13-30(21)24(31)15-23(25)34-14-4-6-19-5-3-10-28-16-19/h2-3,5,7-8,10,15-16H,4,6,9,11-14,17-18H2,1H3. The largest absolute Gasteiger partial charge is 0.492 e. The average Bonchev–Trinajstić information content (AvgIpc) is 3.29. The van der Waals surface area contributed by atoms with Crippen molar-refractivity contribution in [2.24, 2.45) is 0 Å². The molecular weight excluding hydrogens is 462 g/mol. The lowest BCUT2D eigenvalue weighted by atomic mass is 10.1. The Bertz CT molecular complexity index is 1290. The third-order valence-electron chi connectivity index (χ3n) is 6.54. The van der Waals surface area contributed by atoms with E-state index in [9.17, 15) is 9.59 Å². The first kappa shape index (κ1) is 23.9. The Labute approximate surface area is 209 Å². The molecule has 1 aromatic carbocycles. The van der Waals surface area contributed by atoms with Gasteiger partial charge in [0.05, 0.1) is 13.7 Å². The number of para-hydroxylation sites is 1. The smallest absolute Gasteiger partial charge is 0.343 e. The molecule has 9 nitrogen and oxygen atoms in total. The summed E-state index contributed by atoms with van der Waals surface area (Å²) in [4.78, 5) is 32.2. The highest BCUT2D eigenvalue weighted by molar-refractivity contribution is 5.93. The van der Waals surface area contributed by atoms with Crippen LogP contribution in [0, 0.1) is 0 Å². The maximum absolute atomic E-state index is 13.0. The Morgan fingerprint density at radius 3 is 2.89 bits per heavy atom. The number of fused-ring (bicyclic) bond motifs is 2. The Morgan fingerprint density at radius 1 is 1.14 bits per heavy atom. The molecule has 0 radical (unpaired) electrons. The molecule has 0 aliphatic carbocycles. The number of benzene rings is 1. The van der Waals surface area contributed by atoms with Gasteiger partial charge in [0.15, 0.2) is 11.5 Å². The van der Waals surface area contributed by atoms with Crippen LogP contribution in [0.4, 0.5) is 0 Å². The summed E-state index contributed by atoms with van der Waals surface area (Å²) in [5.41, 5.74) is 2.94. The number of hydrogen-bond acceptors (Lipinski definition) is 8. The van der Waals surface area contributed by atoms with E-state index in [1.54, 1.807) is 10.8 Å².